The highest BCUT2D eigenvalue weighted by molar-refractivity contribution is 5.85. The fourth-order valence-electron chi connectivity index (χ4n) is 3.30. The molecule has 1 saturated heterocycles. The van der Waals surface area contributed by atoms with Gasteiger partial charge in [-0.3, -0.25) is 9.69 Å². The van der Waals surface area contributed by atoms with E-state index in [4.69, 9.17) is 15.0 Å². The van der Waals surface area contributed by atoms with Crippen molar-refractivity contribution in [3.8, 4) is 0 Å². The van der Waals surface area contributed by atoms with Crippen molar-refractivity contribution in [1.29, 1.82) is 0 Å². The molecule has 1 aliphatic heterocycles. The Morgan fingerprint density at radius 2 is 1.87 bits per heavy atom. The molecule has 168 valence electrons. The summed E-state index contributed by atoms with van der Waals surface area (Å²) in [5, 5.41) is 3.99. The Labute approximate surface area is 189 Å². The molecule has 0 radical (unpaired) electrons. The number of nitrogens with zero attached hydrogens (tertiary/aromatic N) is 4. The number of hydrogen-bond donors (Lipinski definition) is 1. The number of halogens is 2. The van der Waals surface area contributed by atoms with E-state index in [9.17, 15) is 4.79 Å². The summed E-state index contributed by atoms with van der Waals surface area (Å²) in [4.78, 5) is 21.1. The quantitative estimate of drug-likeness (QED) is 0.647. The highest BCUT2D eigenvalue weighted by Gasteiger charge is 2.24. The molecule has 1 aromatic heterocycles. The lowest BCUT2D eigenvalue weighted by Crippen LogP contribution is -2.48. The number of rotatable bonds is 8. The van der Waals surface area contributed by atoms with Gasteiger partial charge in [0.1, 0.15) is 6.10 Å². The van der Waals surface area contributed by atoms with Crippen LogP contribution in [-0.2, 0) is 16.1 Å². The van der Waals surface area contributed by atoms with Crippen molar-refractivity contribution in [3.05, 3.63) is 47.6 Å². The van der Waals surface area contributed by atoms with E-state index in [1.54, 1.807) is 0 Å². The first kappa shape index (κ1) is 26.3. The van der Waals surface area contributed by atoms with Gasteiger partial charge in [-0.05, 0) is 19.4 Å². The first-order valence-corrected chi connectivity index (χ1v) is 9.81. The molecular weight excluding hydrogens is 429 g/mol. The average Bonchev–Trinajstić information content (AvgIpc) is 3.18. The second-order valence-corrected chi connectivity index (χ2v) is 7.02. The van der Waals surface area contributed by atoms with Crippen LogP contribution in [0.15, 0.2) is 34.9 Å². The number of aromatic nitrogens is 2. The molecule has 8 nitrogen and oxygen atoms in total. The minimum absolute atomic E-state index is 0. The maximum absolute atomic E-state index is 12.6. The second-order valence-electron chi connectivity index (χ2n) is 7.02. The number of hydrogen-bond acceptors (Lipinski definition) is 7. The van der Waals surface area contributed by atoms with E-state index in [0.29, 0.717) is 44.4 Å². The standard InChI is InChI=1S/C20H29N5O3.2ClH/c1-3-27-15(2)20-22-18(28-23-20)14-24-9-11-25(12-10-24)19(26)13-17(21)16-7-5-4-6-8-16;;/h4-8,15,17H,3,9-14,21H2,1-2H3;2*1H. The van der Waals surface area contributed by atoms with Gasteiger partial charge < -0.3 is 19.9 Å². The molecular formula is C20H31Cl2N5O3. The van der Waals surface area contributed by atoms with Crippen molar-refractivity contribution < 1.29 is 14.1 Å². The normalized spacial score (nSPS) is 16.3. The topological polar surface area (TPSA) is 97.7 Å². The van der Waals surface area contributed by atoms with Crippen LogP contribution in [-0.4, -0.2) is 58.6 Å². The fourth-order valence-corrected chi connectivity index (χ4v) is 3.30. The Morgan fingerprint density at radius 3 is 2.50 bits per heavy atom. The summed E-state index contributed by atoms with van der Waals surface area (Å²) in [5.74, 6) is 1.25. The molecule has 1 fully saturated rings. The molecule has 1 aliphatic rings. The van der Waals surface area contributed by atoms with E-state index in [2.05, 4.69) is 15.0 Å². The summed E-state index contributed by atoms with van der Waals surface area (Å²) in [6.45, 7) is 7.92. The van der Waals surface area contributed by atoms with Gasteiger partial charge in [0, 0.05) is 45.2 Å². The number of amides is 1. The predicted octanol–water partition coefficient (Wildman–Crippen LogP) is 2.75. The van der Waals surface area contributed by atoms with E-state index in [0.717, 1.165) is 18.7 Å². The number of nitrogens with two attached hydrogens (primary N) is 1. The van der Waals surface area contributed by atoms with Crippen LogP contribution in [0.2, 0.25) is 0 Å². The third kappa shape index (κ3) is 7.21. The first-order valence-electron chi connectivity index (χ1n) is 9.81. The third-order valence-electron chi connectivity index (χ3n) is 4.97. The molecule has 0 saturated carbocycles. The number of piperazine rings is 1. The predicted molar refractivity (Wildman–Crippen MR) is 119 cm³/mol. The lowest BCUT2D eigenvalue weighted by Gasteiger charge is -2.34. The Hall–Kier alpha value is -1.71. The monoisotopic (exact) mass is 459 g/mol. The molecule has 3 rings (SSSR count). The molecule has 2 N–H and O–H groups in total. The third-order valence-corrected chi connectivity index (χ3v) is 4.97. The van der Waals surface area contributed by atoms with E-state index in [1.165, 1.54) is 0 Å². The molecule has 0 spiro atoms. The summed E-state index contributed by atoms with van der Waals surface area (Å²) in [7, 11) is 0. The van der Waals surface area contributed by atoms with Crippen molar-refractivity contribution in [2.24, 2.45) is 5.73 Å². The van der Waals surface area contributed by atoms with E-state index in [-0.39, 0.29) is 42.9 Å². The number of carbonyl (C=O) groups is 1. The Morgan fingerprint density at radius 1 is 1.20 bits per heavy atom. The maximum Gasteiger partial charge on any atom is 0.240 e. The van der Waals surface area contributed by atoms with Gasteiger partial charge in [-0.15, -0.1) is 24.8 Å². The summed E-state index contributed by atoms with van der Waals surface area (Å²) < 4.78 is 10.8. The zero-order chi connectivity index (χ0) is 19.9. The van der Waals surface area contributed by atoms with Gasteiger partial charge in [-0.25, -0.2) is 0 Å². The number of carbonyl (C=O) groups excluding carboxylic acids is 1. The highest BCUT2D eigenvalue weighted by atomic mass is 35.5. The van der Waals surface area contributed by atoms with E-state index in [1.807, 2.05) is 49.1 Å². The lowest BCUT2D eigenvalue weighted by molar-refractivity contribution is -0.133. The van der Waals surface area contributed by atoms with Gasteiger partial charge in [0.15, 0.2) is 5.82 Å². The molecule has 2 heterocycles. The van der Waals surface area contributed by atoms with Gasteiger partial charge in [-0.1, -0.05) is 35.5 Å². The Bertz CT molecular complexity index is 754. The zero-order valence-electron chi connectivity index (χ0n) is 17.4. The van der Waals surface area contributed by atoms with Gasteiger partial charge in [0.25, 0.3) is 0 Å². The molecule has 0 aliphatic carbocycles. The summed E-state index contributed by atoms with van der Waals surface area (Å²) in [6.07, 6.45) is 0.151. The molecule has 1 amide bonds. The highest BCUT2D eigenvalue weighted by Crippen LogP contribution is 2.17. The summed E-state index contributed by atoms with van der Waals surface area (Å²) >= 11 is 0. The van der Waals surface area contributed by atoms with Crippen LogP contribution in [0, 0.1) is 0 Å². The Kier molecular flexibility index (Phi) is 11.3. The summed E-state index contributed by atoms with van der Waals surface area (Å²) in [5.41, 5.74) is 7.17. The van der Waals surface area contributed by atoms with Crippen LogP contribution in [0.5, 0.6) is 0 Å². The molecule has 1 aromatic carbocycles. The zero-order valence-corrected chi connectivity index (χ0v) is 19.0. The van der Waals surface area contributed by atoms with Gasteiger partial charge in [0.05, 0.1) is 6.54 Å². The Balaban J connectivity index is 0.00000225. The van der Waals surface area contributed by atoms with Crippen molar-refractivity contribution in [1.82, 2.24) is 19.9 Å². The van der Waals surface area contributed by atoms with Gasteiger partial charge >= 0.3 is 0 Å². The largest absolute Gasteiger partial charge is 0.371 e. The van der Waals surface area contributed by atoms with Gasteiger partial charge in [-0.2, -0.15) is 4.98 Å². The molecule has 0 bridgehead atoms. The smallest absolute Gasteiger partial charge is 0.240 e. The molecule has 10 heteroatoms. The van der Waals surface area contributed by atoms with Crippen LogP contribution in [0.1, 0.15) is 49.7 Å². The SMILES string of the molecule is CCOC(C)c1noc(CN2CCN(C(=O)CC(N)c3ccccc3)CC2)n1.Cl.Cl. The molecule has 2 unspecified atom stereocenters. The molecule has 30 heavy (non-hydrogen) atoms. The van der Waals surface area contributed by atoms with Crippen molar-refractivity contribution in [3.63, 3.8) is 0 Å². The summed E-state index contributed by atoms with van der Waals surface area (Å²) in [6, 6.07) is 9.48. The number of benzene rings is 1. The van der Waals surface area contributed by atoms with Crippen molar-refractivity contribution in [2.45, 2.75) is 39.0 Å². The van der Waals surface area contributed by atoms with Gasteiger partial charge in [0.2, 0.25) is 11.8 Å². The number of ether oxygens (including phenoxy) is 1. The lowest BCUT2D eigenvalue weighted by atomic mass is 10.0. The maximum atomic E-state index is 12.6. The molecule has 2 aromatic rings. The molecule has 2 atom stereocenters. The van der Waals surface area contributed by atoms with Crippen molar-refractivity contribution >= 4 is 30.7 Å². The van der Waals surface area contributed by atoms with E-state index < -0.39 is 0 Å². The van der Waals surface area contributed by atoms with Crippen LogP contribution in [0.25, 0.3) is 0 Å². The fraction of sp³-hybridized carbons (Fsp3) is 0.550. The minimum Gasteiger partial charge on any atom is -0.371 e. The van der Waals surface area contributed by atoms with Crippen LogP contribution in [0.4, 0.5) is 0 Å². The van der Waals surface area contributed by atoms with Crippen LogP contribution in [0.3, 0.4) is 0 Å². The van der Waals surface area contributed by atoms with Crippen LogP contribution < -0.4 is 5.73 Å². The minimum atomic E-state index is -0.268. The van der Waals surface area contributed by atoms with Crippen LogP contribution >= 0.6 is 24.8 Å². The van der Waals surface area contributed by atoms with E-state index >= 15 is 0 Å². The second kappa shape index (κ2) is 12.9. The first-order chi connectivity index (χ1) is 13.6. The van der Waals surface area contributed by atoms with Crippen molar-refractivity contribution in [2.75, 3.05) is 32.8 Å². The average molecular weight is 460 g/mol.